The highest BCUT2D eigenvalue weighted by molar-refractivity contribution is 7.88. The normalized spacial score (nSPS) is 17.1. The quantitative estimate of drug-likeness (QED) is 0.804. The van der Waals surface area contributed by atoms with E-state index in [2.05, 4.69) is 5.10 Å². The van der Waals surface area contributed by atoms with Gasteiger partial charge in [0.05, 0.1) is 12.8 Å². The zero-order chi connectivity index (χ0) is 18.2. The zero-order valence-electron chi connectivity index (χ0n) is 14.2. The summed E-state index contributed by atoms with van der Waals surface area (Å²) >= 11 is 0. The largest absolute Gasteiger partial charge is 0.345 e. The topological polar surface area (TPSA) is 77.2 Å². The zero-order valence-corrected chi connectivity index (χ0v) is 15.0. The second-order valence-corrected chi connectivity index (χ2v) is 8.41. The van der Waals surface area contributed by atoms with Crippen molar-refractivity contribution in [3.8, 4) is 0 Å². The molecule has 0 N–H and O–H groups in total. The van der Waals surface area contributed by atoms with Crippen LogP contribution in [0.5, 0.6) is 0 Å². The van der Waals surface area contributed by atoms with Crippen molar-refractivity contribution in [3.05, 3.63) is 52.0 Å². The maximum Gasteiger partial charge on any atom is 0.345 e. The van der Waals surface area contributed by atoms with Crippen molar-refractivity contribution < 1.29 is 12.8 Å². The monoisotopic (exact) mass is 368 g/mol. The molecule has 0 unspecified atom stereocenters. The molecule has 0 radical (unpaired) electrons. The van der Waals surface area contributed by atoms with Crippen LogP contribution in [0.1, 0.15) is 30.1 Å². The van der Waals surface area contributed by atoms with Gasteiger partial charge in [0, 0.05) is 26.1 Å². The molecule has 1 aliphatic heterocycles. The molecule has 136 valence electrons. The van der Waals surface area contributed by atoms with Crippen LogP contribution in [0.4, 0.5) is 4.39 Å². The maximum absolute atomic E-state index is 13.3. The molecule has 7 nitrogen and oxygen atoms in total. The first-order valence-electron chi connectivity index (χ1n) is 8.09. The molecule has 0 spiro atoms. The molecule has 3 rings (SSSR count). The van der Waals surface area contributed by atoms with Crippen molar-refractivity contribution in [3.63, 3.8) is 0 Å². The molecule has 0 aliphatic carbocycles. The Morgan fingerprint density at radius 1 is 1.28 bits per heavy atom. The fourth-order valence-electron chi connectivity index (χ4n) is 3.22. The van der Waals surface area contributed by atoms with Crippen LogP contribution in [-0.4, -0.2) is 46.4 Å². The lowest BCUT2D eigenvalue weighted by Crippen LogP contribution is -2.37. The van der Waals surface area contributed by atoms with Crippen LogP contribution in [0.25, 0.3) is 0 Å². The van der Waals surface area contributed by atoms with E-state index in [9.17, 15) is 17.6 Å². The molecular formula is C16H21FN4O3S. The van der Waals surface area contributed by atoms with E-state index in [1.807, 2.05) is 0 Å². The van der Waals surface area contributed by atoms with Gasteiger partial charge in [-0.05, 0) is 30.5 Å². The summed E-state index contributed by atoms with van der Waals surface area (Å²) in [6, 6.07) is 6.08. The van der Waals surface area contributed by atoms with E-state index in [0.717, 1.165) is 0 Å². The number of hydrogen-bond donors (Lipinski definition) is 0. The fourth-order valence-corrected chi connectivity index (χ4v) is 4.09. The van der Waals surface area contributed by atoms with E-state index >= 15 is 0 Å². The van der Waals surface area contributed by atoms with Gasteiger partial charge in [0.25, 0.3) is 0 Å². The summed E-state index contributed by atoms with van der Waals surface area (Å²) in [5.41, 5.74) is 0.406. The molecule has 1 aromatic carbocycles. The van der Waals surface area contributed by atoms with E-state index in [1.165, 1.54) is 31.9 Å². The Labute approximate surface area is 145 Å². The number of benzene rings is 1. The lowest BCUT2D eigenvalue weighted by Gasteiger charge is -2.29. The third kappa shape index (κ3) is 3.82. The highest BCUT2D eigenvalue weighted by Gasteiger charge is 2.29. The van der Waals surface area contributed by atoms with E-state index < -0.39 is 10.0 Å². The molecule has 2 aromatic rings. The average molecular weight is 368 g/mol. The van der Waals surface area contributed by atoms with Gasteiger partial charge in [-0.2, -0.15) is 5.10 Å². The summed E-state index contributed by atoms with van der Waals surface area (Å²) in [4.78, 5) is 12.4. The van der Waals surface area contributed by atoms with E-state index in [1.54, 1.807) is 19.2 Å². The number of piperidine rings is 1. The van der Waals surface area contributed by atoms with Crippen LogP contribution < -0.4 is 5.69 Å². The van der Waals surface area contributed by atoms with Gasteiger partial charge in [0.2, 0.25) is 10.0 Å². The number of hydrogen-bond acceptors (Lipinski definition) is 4. The minimum Gasteiger partial charge on any atom is -0.282 e. The van der Waals surface area contributed by atoms with Crippen molar-refractivity contribution in [1.82, 2.24) is 18.7 Å². The highest BCUT2D eigenvalue weighted by Crippen LogP contribution is 2.26. The van der Waals surface area contributed by atoms with Crippen LogP contribution in [0.3, 0.4) is 0 Å². The Morgan fingerprint density at radius 3 is 2.56 bits per heavy atom. The SMILES string of the molecule is Cn1c(C2CCN(S(C)(=O)=O)CC2)nn(Cc2cccc(F)c2)c1=O. The van der Waals surface area contributed by atoms with Crippen molar-refractivity contribution in [2.75, 3.05) is 19.3 Å². The van der Waals surface area contributed by atoms with Gasteiger partial charge >= 0.3 is 5.69 Å². The van der Waals surface area contributed by atoms with Crippen LogP contribution in [-0.2, 0) is 23.6 Å². The molecule has 1 aromatic heterocycles. The number of aromatic nitrogens is 3. The van der Waals surface area contributed by atoms with Gasteiger partial charge in [-0.25, -0.2) is 26.6 Å². The lowest BCUT2D eigenvalue weighted by molar-refractivity contribution is 0.311. The second kappa shape index (κ2) is 6.72. The first-order valence-corrected chi connectivity index (χ1v) is 9.94. The Hall–Kier alpha value is -2.00. The molecule has 0 bridgehead atoms. The number of sulfonamides is 1. The van der Waals surface area contributed by atoms with Gasteiger partial charge in [0.15, 0.2) is 0 Å². The maximum atomic E-state index is 13.3. The fraction of sp³-hybridized carbons (Fsp3) is 0.500. The minimum absolute atomic E-state index is 0.0319. The van der Waals surface area contributed by atoms with Gasteiger partial charge in [-0.1, -0.05) is 12.1 Å². The first-order chi connectivity index (χ1) is 11.8. The summed E-state index contributed by atoms with van der Waals surface area (Å²) in [5, 5.41) is 4.42. The molecule has 0 atom stereocenters. The van der Waals surface area contributed by atoms with Crippen LogP contribution in [0.2, 0.25) is 0 Å². The van der Waals surface area contributed by atoms with Gasteiger partial charge in [-0.15, -0.1) is 0 Å². The molecule has 1 aliphatic rings. The summed E-state index contributed by atoms with van der Waals surface area (Å²) in [7, 11) is -1.52. The average Bonchev–Trinajstić information content (AvgIpc) is 2.83. The summed E-state index contributed by atoms with van der Waals surface area (Å²) < 4.78 is 40.8. The Bertz CT molecular complexity index is 927. The number of nitrogens with zero attached hydrogens (tertiary/aromatic N) is 4. The van der Waals surface area contributed by atoms with Crippen LogP contribution in [0.15, 0.2) is 29.1 Å². The smallest absolute Gasteiger partial charge is 0.282 e. The Kier molecular flexibility index (Phi) is 4.79. The van der Waals surface area contributed by atoms with Crippen LogP contribution in [0, 0.1) is 5.82 Å². The van der Waals surface area contributed by atoms with Crippen LogP contribution >= 0.6 is 0 Å². The third-order valence-corrected chi connectivity index (χ3v) is 5.89. The van der Waals surface area contributed by atoms with Crippen molar-refractivity contribution >= 4 is 10.0 Å². The molecule has 0 saturated carbocycles. The summed E-state index contributed by atoms with van der Waals surface area (Å²) in [6.07, 6.45) is 2.45. The summed E-state index contributed by atoms with van der Waals surface area (Å²) in [5.74, 6) is 0.328. The van der Waals surface area contributed by atoms with Crippen molar-refractivity contribution in [1.29, 1.82) is 0 Å². The number of halogens is 1. The Balaban J connectivity index is 1.79. The molecular weight excluding hydrogens is 347 g/mol. The summed E-state index contributed by atoms with van der Waals surface area (Å²) in [6.45, 7) is 1.05. The molecule has 9 heteroatoms. The standard InChI is InChI=1S/C16H21FN4O3S/c1-19-15(13-6-8-20(9-7-13)25(2,23)24)18-21(16(19)22)11-12-4-3-5-14(17)10-12/h3-5,10,13H,6-9,11H2,1-2H3. The van der Waals surface area contributed by atoms with E-state index in [4.69, 9.17) is 0 Å². The predicted octanol–water partition coefficient (Wildman–Crippen LogP) is 0.908. The minimum atomic E-state index is -3.19. The lowest BCUT2D eigenvalue weighted by atomic mass is 9.97. The van der Waals surface area contributed by atoms with Gasteiger partial charge < -0.3 is 0 Å². The molecule has 1 fully saturated rings. The molecule has 2 heterocycles. The van der Waals surface area contributed by atoms with E-state index in [0.29, 0.717) is 37.3 Å². The van der Waals surface area contributed by atoms with Crippen molar-refractivity contribution in [2.45, 2.75) is 25.3 Å². The Morgan fingerprint density at radius 2 is 1.96 bits per heavy atom. The first kappa shape index (κ1) is 17.8. The predicted molar refractivity (Wildman–Crippen MR) is 91.4 cm³/mol. The number of rotatable bonds is 4. The van der Waals surface area contributed by atoms with Gasteiger partial charge in [0.1, 0.15) is 11.6 Å². The van der Waals surface area contributed by atoms with Gasteiger partial charge in [-0.3, -0.25) is 4.57 Å². The third-order valence-electron chi connectivity index (χ3n) is 4.58. The molecule has 25 heavy (non-hydrogen) atoms. The van der Waals surface area contributed by atoms with Crippen molar-refractivity contribution in [2.24, 2.45) is 7.05 Å². The molecule has 0 amide bonds. The van der Waals surface area contributed by atoms with E-state index in [-0.39, 0.29) is 24.0 Å². The molecule has 1 saturated heterocycles. The second-order valence-electron chi connectivity index (χ2n) is 6.42. The highest BCUT2D eigenvalue weighted by atomic mass is 32.2.